The summed E-state index contributed by atoms with van der Waals surface area (Å²) >= 11 is 0. The summed E-state index contributed by atoms with van der Waals surface area (Å²) in [6.45, 7) is 9.10. The molecule has 0 aliphatic carbocycles. The van der Waals surface area contributed by atoms with Gasteiger partial charge in [0.15, 0.2) is 11.5 Å². The maximum atomic E-state index is 10.2. The molecule has 0 bridgehead atoms. The highest BCUT2D eigenvalue weighted by Crippen LogP contribution is 2.28. The second kappa shape index (κ2) is 10.5. The van der Waals surface area contributed by atoms with Crippen LogP contribution in [0.2, 0.25) is 0 Å². The third-order valence-electron chi connectivity index (χ3n) is 3.97. The first kappa shape index (κ1) is 19.8. The average Bonchev–Trinajstić information content (AvgIpc) is 2.52. The molecule has 0 radical (unpaired) electrons. The standard InChI is InChI=1S/C19H33NO3/c1-6-7-17(21)14-20(11-10-15(2)3)13-16-8-9-18(22-4)19(12-16)23-5/h8-9,12,15,17,21H,6-7,10-11,13-14H2,1-5H3/t17-/m0/s1. The van der Waals surface area contributed by atoms with Gasteiger partial charge in [-0.05, 0) is 43.0 Å². The van der Waals surface area contributed by atoms with Crippen LogP contribution in [0.5, 0.6) is 11.5 Å². The summed E-state index contributed by atoms with van der Waals surface area (Å²) in [6, 6.07) is 6.03. The molecule has 0 aromatic heterocycles. The molecule has 1 atom stereocenters. The zero-order chi connectivity index (χ0) is 17.2. The quantitative estimate of drug-likeness (QED) is 0.674. The molecule has 0 saturated carbocycles. The van der Waals surface area contributed by atoms with Crippen molar-refractivity contribution in [1.82, 2.24) is 4.90 Å². The molecule has 0 spiro atoms. The molecule has 0 heterocycles. The van der Waals surface area contributed by atoms with Crippen LogP contribution in [0, 0.1) is 5.92 Å². The van der Waals surface area contributed by atoms with Crippen molar-refractivity contribution in [3.05, 3.63) is 23.8 Å². The molecule has 1 aromatic rings. The molecule has 1 aromatic carbocycles. The lowest BCUT2D eigenvalue weighted by Crippen LogP contribution is -2.33. The minimum atomic E-state index is -0.257. The average molecular weight is 323 g/mol. The number of aliphatic hydroxyl groups excluding tert-OH is 1. The lowest BCUT2D eigenvalue weighted by molar-refractivity contribution is 0.0980. The number of methoxy groups -OCH3 is 2. The van der Waals surface area contributed by atoms with E-state index in [0.717, 1.165) is 50.4 Å². The molecule has 0 amide bonds. The van der Waals surface area contributed by atoms with E-state index in [0.29, 0.717) is 5.92 Å². The maximum absolute atomic E-state index is 10.2. The number of rotatable bonds is 11. The van der Waals surface area contributed by atoms with Gasteiger partial charge in [0.2, 0.25) is 0 Å². The fourth-order valence-corrected chi connectivity index (χ4v) is 2.64. The minimum absolute atomic E-state index is 0.257. The van der Waals surface area contributed by atoms with E-state index in [2.05, 4.69) is 31.7 Å². The summed E-state index contributed by atoms with van der Waals surface area (Å²) in [6.07, 6.45) is 2.73. The van der Waals surface area contributed by atoms with E-state index in [1.165, 1.54) is 5.56 Å². The third-order valence-corrected chi connectivity index (χ3v) is 3.97. The number of aliphatic hydroxyl groups is 1. The Kier molecular flexibility index (Phi) is 9.03. The van der Waals surface area contributed by atoms with Crippen LogP contribution in [-0.2, 0) is 6.54 Å². The Balaban J connectivity index is 2.77. The number of ether oxygens (including phenoxy) is 2. The summed E-state index contributed by atoms with van der Waals surface area (Å²) in [4.78, 5) is 2.33. The van der Waals surface area contributed by atoms with Gasteiger partial charge in [-0.15, -0.1) is 0 Å². The molecule has 1 rings (SSSR count). The molecule has 132 valence electrons. The predicted octanol–water partition coefficient (Wildman–Crippen LogP) is 3.71. The van der Waals surface area contributed by atoms with Crippen molar-refractivity contribution in [2.45, 2.75) is 52.7 Å². The fraction of sp³-hybridized carbons (Fsp3) is 0.684. The van der Waals surface area contributed by atoms with E-state index in [1.54, 1.807) is 14.2 Å². The number of benzene rings is 1. The summed E-state index contributed by atoms with van der Waals surface area (Å²) in [5.74, 6) is 2.16. The minimum Gasteiger partial charge on any atom is -0.493 e. The lowest BCUT2D eigenvalue weighted by Gasteiger charge is -2.26. The van der Waals surface area contributed by atoms with Crippen LogP contribution < -0.4 is 9.47 Å². The van der Waals surface area contributed by atoms with Crippen molar-refractivity contribution >= 4 is 0 Å². The van der Waals surface area contributed by atoms with Crippen LogP contribution >= 0.6 is 0 Å². The molecule has 0 aliphatic rings. The van der Waals surface area contributed by atoms with Gasteiger partial charge < -0.3 is 14.6 Å². The Labute approximate surface area is 141 Å². The monoisotopic (exact) mass is 323 g/mol. The first-order chi connectivity index (χ1) is 11.0. The zero-order valence-electron chi connectivity index (χ0n) is 15.3. The first-order valence-electron chi connectivity index (χ1n) is 8.61. The van der Waals surface area contributed by atoms with Crippen molar-refractivity contribution in [2.75, 3.05) is 27.3 Å². The summed E-state index contributed by atoms with van der Waals surface area (Å²) in [5.41, 5.74) is 1.18. The third kappa shape index (κ3) is 7.23. The van der Waals surface area contributed by atoms with Crippen LogP contribution in [0.25, 0.3) is 0 Å². The van der Waals surface area contributed by atoms with Gasteiger partial charge in [0.25, 0.3) is 0 Å². The maximum Gasteiger partial charge on any atom is 0.161 e. The molecule has 0 aliphatic heterocycles. The van der Waals surface area contributed by atoms with E-state index in [-0.39, 0.29) is 6.10 Å². The van der Waals surface area contributed by atoms with Gasteiger partial charge in [-0.2, -0.15) is 0 Å². The van der Waals surface area contributed by atoms with Gasteiger partial charge in [0, 0.05) is 13.1 Å². The van der Waals surface area contributed by atoms with E-state index >= 15 is 0 Å². The highest BCUT2D eigenvalue weighted by Gasteiger charge is 2.14. The molecule has 0 fully saturated rings. The van der Waals surface area contributed by atoms with Gasteiger partial charge in [-0.25, -0.2) is 0 Å². The van der Waals surface area contributed by atoms with E-state index in [1.807, 2.05) is 12.1 Å². The van der Waals surface area contributed by atoms with Crippen LogP contribution in [0.4, 0.5) is 0 Å². The van der Waals surface area contributed by atoms with Gasteiger partial charge in [0.1, 0.15) is 0 Å². The van der Waals surface area contributed by atoms with E-state index in [9.17, 15) is 5.11 Å². The highest BCUT2D eigenvalue weighted by atomic mass is 16.5. The van der Waals surface area contributed by atoms with Crippen molar-refractivity contribution in [3.63, 3.8) is 0 Å². The second-order valence-electron chi connectivity index (χ2n) is 6.55. The van der Waals surface area contributed by atoms with Crippen LogP contribution in [0.1, 0.15) is 45.6 Å². The van der Waals surface area contributed by atoms with Crippen LogP contribution in [0.15, 0.2) is 18.2 Å². The molecule has 23 heavy (non-hydrogen) atoms. The molecule has 4 heteroatoms. The number of hydrogen-bond donors (Lipinski definition) is 1. The zero-order valence-corrected chi connectivity index (χ0v) is 15.3. The largest absolute Gasteiger partial charge is 0.493 e. The fourth-order valence-electron chi connectivity index (χ4n) is 2.64. The summed E-state index contributed by atoms with van der Waals surface area (Å²) in [7, 11) is 3.30. The van der Waals surface area contributed by atoms with Gasteiger partial charge in [0.05, 0.1) is 20.3 Å². The van der Waals surface area contributed by atoms with Crippen LogP contribution in [0.3, 0.4) is 0 Å². The SMILES string of the molecule is CCC[C@H](O)CN(CCC(C)C)Cc1ccc(OC)c(OC)c1. The van der Waals surface area contributed by atoms with Crippen molar-refractivity contribution in [3.8, 4) is 11.5 Å². The predicted molar refractivity (Wildman–Crippen MR) is 95.2 cm³/mol. The van der Waals surface area contributed by atoms with Crippen molar-refractivity contribution in [2.24, 2.45) is 5.92 Å². The smallest absolute Gasteiger partial charge is 0.161 e. The molecule has 0 saturated heterocycles. The molecule has 1 N–H and O–H groups in total. The Bertz CT molecular complexity index is 448. The van der Waals surface area contributed by atoms with Gasteiger partial charge in [-0.3, -0.25) is 4.90 Å². The van der Waals surface area contributed by atoms with Crippen molar-refractivity contribution in [1.29, 1.82) is 0 Å². The molecule has 0 unspecified atom stereocenters. The lowest BCUT2D eigenvalue weighted by atomic mass is 10.1. The number of nitrogens with zero attached hydrogens (tertiary/aromatic N) is 1. The Morgan fingerprint density at radius 3 is 2.35 bits per heavy atom. The summed E-state index contributed by atoms with van der Waals surface area (Å²) < 4.78 is 10.7. The Hall–Kier alpha value is -1.26. The van der Waals surface area contributed by atoms with Gasteiger partial charge >= 0.3 is 0 Å². The number of hydrogen-bond acceptors (Lipinski definition) is 4. The van der Waals surface area contributed by atoms with E-state index in [4.69, 9.17) is 9.47 Å². The summed E-state index contributed by atoms with van der Waals surface area (Å²) in [5, 5.41) is 10.2. The topological polar surface area (TPSA) is 41.9 Å². The van der Waals surface area contributed by atoms with Gasteiger partial charge in [-0.1, -0.05) is 33.3 Å². The Morgan fingerprint density at radius 1 is 1.09 bits per heavy atom. The van der Waals surface area contributed by atoms with E-state index < -0.39 is 0 Å². The Morgan fingerprint density at radius 2 is 1.78 bits per heavy atom. The van der Waals surface area contributed by atoms with Crippen LogP contribution in [-0.4, -0.2) is 43.4 Å². The molecule has 4 nitrogen and oxygen atoms in total. The second-order valence-corrected chi connectivity index (χ2v) is 6.55. The highest BCUT2D eigenvalue weighted by molar-refractivity contribution is 5.42. The first-order valence-corrected chi connectivity index (χ1v) is 8.61. The normalized spacial score (nSPS) is 12.7. The molecular weight excluding hydrogens is 290 g/mol. The molecular formula is C19H33NO3. The van der Waals surface area contributed by atoms with Crippen molar-refractivity contribution < 1.29 is 14.6 Å².